The summed E-state index contributed by atoms with van der Waals surface area (Å²) in [5.41, 5.74) is 2.54. The summed E-state index contributed by atoms with van der Waals surface area (Å²) in [5.74, 6) is 6.20. The van der Waals surface area contributed by atoms with Crippen molar-refractivity contribution in [1.82, 2.24) is 9.88 Å². The second-order valence-electron chi connectivity index (χ2n) is 6.03. The molecule has 3 rings (SSSR count). The maximum atomic E-state index is 13.0. The first kappa shape index (κ1) is 17.4. The number of fused-ring (bicyclic) bond motifs is 1. The zero-order valence-corrected chi connectivity index (χ0v) is 14.2. The highest BCUT2D eigenvalue weighted by Crippen LogP contribution is 2.27. The standard InChI is InChI=1S/C20H21FN2O2/c1-25-17-8-9-18-15(13-17)10-12-23(14-19(18)24)11-3-2-5-16-6-4-7-20(21)22-16/h4,6-9,13,19,24H,3,10-12,14H2,1H3. The van der Waals surface area contributed by atoms with Gasteiger partial charge in [-0.25, -0.2) is 4.98 Å². The van der Waals surface area contributed by atoms with Gasteiger partial charge in [0.15, 0.2) is 0 Å². The molecule has 2 heterocycles. The smallest absolute Gasteiger partial charge is 0.214 e. The predicted molar refractivity (Wildman–Crippen MR) is 93.8 cm³/mol. The molecule has 5 heteroatoms. The first-order valence-electron chi connectivity index (χ1n) is 8.34. The van der Waals surface area contributed by atoms with Gasteiger partial charge < -0.3 is 9.84 Å². The molecule has 0 aliphatic carbocycles. The van der Waals surface area contributed by atoms with E-state index in [2.05, 4.69) is 21.7 Å². The molecule has 25 heavy (non-hydrogen) atoms. The molecule has 1 aliphatic heterocycles. The van der Waals surface area contributed by atoms with E-state index in [1.807, 2.05) is 18.2 Å². The number of rotatable bonds is 3. The van der Waals surface area contributed by atoms with Crippen molar-refractivity contribution in [1.29, 1.82) is 0 Å². The van der Waals surface area contributed by atoms with Gasteiger partial charge in [0.2, 0.25) is 5.95 Å². The van der Waals surface area contributed by atoms with E-state index in [-0.39, 0.29) is 0 Å². The van der Waals surface area contributed by atoms with Gasteiger partial charge in [-0.05, 0) is 47.7 Å². The second kappa shape index (κ2) is 8.11. The maximum Gasteiger partial charge on any atom is 0.214 e. The molecule has 0 amide bonds. The van der Waals surface area contributed by atoms with Crippen molar-refractivity contribution >= 4 is 0 Å². The van der Waals surface area contributed by atoms with Crippen molar-refractivity contribution in [3.63, 3.8) is 0 Å². The molecule has 1 unspecified atom stereocenters. The topological polar surface area (TPSA) is 45.6 Å². The summed E-state index contributed by atoms with van der Waals surface area (Å²) in [5, 5.41) is 10.5. The predicted octanol–water partition coefficient (Wildman–Crippen LogP) is 2.56. The number of aromatic nitrogens is 1. The molecule has 1 aromatic heterocycles. The van der Waals surface area contributed by atoms with Crippen LogP contribution in [-0.4, -0.2) is 41.7 Å². The second-order valence-corrected chi connectivity index (χ2v) is 6.03. The fraction of sp³-hybridized carbons (Fsp3) is 0.350. The molecule has 1 N–H and O–H groups in total. The van der Waals surface area contributed by atoms with Crippen LogP contribution in [0.3, 0.4) is 0 Å². The molecule has 130 valence electrons. The van der Waals surface area contributed by atoms with E-state index in [4.69, 9.17) is 4.74 Å². The normalized spacial score (nSPS) is 17.2. The Morgan fingerprint density at radius 3 is 3.04 bits per heavy atom. The molecular weight excluding hydrogens is 319 g/mol. The van der Waals surface area contributed by atoms with Crippen molar-refractivity contribution in [2.75, 3.05) is 26.7 Å². The summed E-state index contributed by atoms with van der Waals surface area (Å²) in [6.45, 7) is 2.20. The summed E-state index contributed by atoms with van der Waals surface area (Å²) >= 11 is 0. The molecule has 4 nitrogen and oxygen atoms in total. The number of ether oxygens (including phenoxy) is 1. The number of hydrogen-bond donors (Lipinski definition) is 1. The van der Waals surface area contributed by atoms with Crippen molar-refractivity contribution in [3.8, 4) is 17.6 Å². The molecule has 2 aromatic rings. The van der Waals surface area contributed by atoms with E-state index >= 15 is 0 Å². The number of aliphatic hydroxyl groups excluding tert-OH is 1. The van der Waals surface area contributed by atoms with Gasteiger partial charge in [-0.1, -0.05) is 18.1 Å². The molecule has 0 radical (unpaired) electrons. The van der Waals surface area contributed by atoms with Crippen molar-refractivity contribution in [2.24, 2.45) is 0 Å². The van der Waals surface area contributed by atoms with Gasteiger partial charge in [0.05, 0.1) is 13.2 Å². The minimum absolute atomic E-state index is 0.440. The van der Waals surface area contributed by atoms with Crippen LogP contribution >= 0.6 is 0 Å². The number of halogens is 1. The van der Waals surface area contributed by atoms with Crippen LogP contribution < -0.4 is 4.74 Å². The quantitative estimate of drug-likeness (QED) is 0.689. The minimum atomic E-state index is -0.518. The molecular formula is C20H21FN2O2. The Hall–Kier alpha value is -2.42. The third-order valence-electron chi connectivity index (χ3n) is 4.32. The highest BCUT2D eigenvalue weighted by atomic mass is 19.1. The van der Waals surface area contributed by atoms with Crippen LogP contribution in [-0.2, 0) is 6.42 Å². The molecule has 0 saturated carbocycles. The van der Waals surface area contributed by atoms with Crippen LogP contribution in [0.4, 0.5) is 4.39 Å². The molecule has 1 aliphatic rings. The van der Waals surface area contributed by atoms with E-state index < -0.39 is 12.1 Å². The molecule has 1 aromatic carbocycles. The first-order chi connectivity index (χ1) is 12.2. The van der Waals surface area contributed by atoms with Crippen LogP contribution in [0.2, 0.25) is 0 Å². The molecule has 1 atom stereocenters. The van der Waals surface area contributed by atoms with E-state index in [9.17, 15) is 9.50 Å². The van der Waals surface area contributed by atoms with E-state index in [0.29, 0.717) is 18.7 Å². The van der Waals surface area contributed by atoms with Gasteiger partial charge in [0, 0.05) is 26.1 Å². The van der Waals surface area contributed by atoms with E-state index in [1.54, 1.807) is 19.2 Å². The van der Waals surface area contributed by atoms with Gasteiger partial charge in [0.25, 0.3) is 0 Å². The third-order valence-corrected chi connectivity index (χ3v) is 4.32. The van der Waals surface area contributed by atoms with Gasteiger partial charge in [-0.3, -0.25) is 4.90 Å². The fourth-order valence-corrected chi connectivity index (χ4v) is 3.01. The monoisotopic (exact) mass is 340 g/mol. The Morgan fingerprint density at radius 1 is 1.36 bits per heavy atom. The Kier molecular flexibility index (Phi) is 5.64. The van der Waals surface area contributed by atoms with Crippen molar-refractivity contribution in [3.05, 3.63) is 59.2 Å². The SMILES string of the molecule is COc1ccc2c(c1)CCN(CCC#Cc1cccc(F)n1)CC2O. The van der Waals surface area contributed by atoms with E-state index in [1.165, 1.54) is 6.07 Å². The lowest BCUT2D eigenvalue weighted by atomic mass is 10.0. The zero-order chi connectivity index (χ0) is 17.6. The van der Waals surface area contributed by atoms with Gasteiger partial charge >= 0.3 is 0 Å². The number of methoxy groups -OCH3 is 1. The van der Waals surface area contributed by atoms with Crippen LogP contribution in [0.1, 0.15) is 29.3 Å². The molecule has 0 spiro atoms. The largest absolute Gasteiger partial charge is 0.497 e. The molecule has 0 bridgehead atoms. The maximum absolute atomic E-state index is 13.0. The summed E-state index contributed by atoms with van der Waals surface area (Å²) in [4.78, 5) is 5.92. The number of pyridine rings is 1. The summed E-state index contributed by atoms with van der Waals surface area (Å²) in [6.07, 6.45) is 0.994. The van der Waals surface area contributed by atoms with Gasteiger partial charge in [-0.2, -0.15) is 4.39 Å². The Balaban J connectivity index is 1.59. The van der Waals surface area contributed by atoms with Gasteiger partial charge in [-0.15, -0.1) is 0 Å². The lowest BCUT2D eigenvalue weighted by molar-refractivity contribution is 0.121. The number of hydrogen-bond acceptors (Lipinski definition) is 4. The van der Waals surface area contributed by atoms with Crippen LogP contribution in [0, 0.1) is 17.8 Å². The zero-order valence-electron chi connectivity index (χ0n) is 14.2. The highest BCUT2D eigenvalue weighted by Gasteiger charge is 2.21. The number of aliphatic hydroxyl groups is 1. The third kappa shape index (κ3) is 4.56. The average Bonchev–Trinajstić information content (AvgIpc) is 2.77. The lowest BCUT2D eigenvalue weighted by Gasteiger charge is -2.20. The number of benzene rings is 1. The lowest BCUT2D eigenvalue weighted by Crippen LogP contribution is -2.29. The Morgan fingerprint density at radius 2 is 2.24 bits per heavy atom. The Bertz CT molecular complexity index is 798. The average molecular weight is 340 g/mol. The van der Waals surface area contributed by atoms with Gasteiger partial charge in [0.1, 0.15) is 11.4 Å². The minimum Gasteiger partial charge on any atom is -0.497 e. The molecule has 0 saturated heterocycles. The summed E-state index contributed by atoms with van der Waals surface area (Å²) in [6, 6.07) is 10.4. The van der Waals surface area contributed by atoms with Crippen LogP contribution in [0.5, 0.6) is 5.75 Å². The van der Waals surface area contributed by atoms with Crippen molar-refractivity contribution < 1.29 is 14.2 Å². The first-order valence-corrected chi connectivity index (χ1v) is 8.34. The number of nitrogens with zero attached hydrogens (tertiary/aromatic N) is 2. The van der Waals surface area contributed by atoms with Crippen molar-refractivity contribution in [2.45, 2.75) is 18.9 Å². The fourth-order valence-electron chi connectivity index (χ4n) is 3.01. The number of β-amino-alcohol motifs (C(OH)–C–C–N with tert-alkyl or cyclic N) is 1. The van der Waals surface area contributed by atoms with Crippen LogP contribution in [0.25, 0.3) is 0 Å². The van der Waals surface area contributed by atoms with E-state index in [0.717, 1.165) is 36.4 Å². The molecule has 0 fully saturated rings. The summed E-state index contributed by atoms with van der Waals surface area (Å²) < 4.78 is 18.3. The highest BCUT2D eigenvalue weighted by molar-refractivity contribution is 5.38. The summed E-state index contributed by atoms with van der Waals surface area (Å²) in [7, 11) is 1.65. The van der Waals surface area contributed by atoms with Crippen LogP contribution in [0.15, 0.2) is 36.4 Å². The Labute approximate surface area is 147 Å².